The number of benzene rings is 1. The highest BCUT2D eigenvalue weighted by Crippen LogP contribution is 2.22. The van der Waals surface area contributed by atoms with Crippen LogP contribution in [0.15, 0.2) is 24.3 Å². The molecule has 1 aromatic carbocycles. The van der Waals surface area contributed by atoms with Crippen LogP contribution in [0.25, 0.3) is 0 Å². The molecule has 5 nitrogen and oxygen atoms in total. The Balaban J connectivity index is 1.60. The second-order valence-corrected chi connectivity index (χ2v) is 5.15. The SMILES string of the molecule is O=C(NCC1COCCO1)C1NCCc2ccccc21. The number of hydrogen-bond acceptors (Lipinski definition) is 4. The first kappa shape index (κ1) is 13.5. The van der Waals surface area contributed by atoms with Crippen LogP contribution >= 0.6 is 0 Å². The van der Waals surface area contributed by atoms with Gasteiger partial charge in [0.05, 0.1) is 25.9 Å². The van der Waals surface area contributed by atoms with Gasteiger partial charge in [0.15, 0.2) is 0 Å². The van der Waals surface area contributed by atoms with Gasteiger partial charge in [-0.25, -0.2) is 0 Å². The van der Waals surface area contributed by atoms with Crippen molar-refractivity contribution in [2.24, 2.45) is 0 Å². The third-order valence-corrected chi connectivity index (χ3v) is 3.76. The van der Waals surface area contributed by atoms with Crippen molar-refractivity contribution in [3.63, 3.8) is 0 Å². The van der Waals surface area contributed by atoms with Crippen LogP contribution in [0.1, 0.15) is 17.2 Å². The summed E-state index contributed by atoms with van der Waals surface area (Å²) in [6.07, 6.45) is 0.936. The van der Waals surface area contributed by atoms with Crippen molar-refractivity contribution >= 4 is 5.91 Å². The van der Waals surface area contributed by atoms with Crippen molar-refractivity contribution in [2.75, 3.05) is 32.9 Å². The second kappa shape index (κ2) is 6.35. The number of hydrogen-bond donors (Lipinski definition) is 2. The fraction of sp³-hybridized carbons (Fsp3) is 0.533. The Bertz CT molecular complexity index is 472. The molecule has 3 rings (SSSR count). The minimum atomic E-state index is -0.260. The van der Waals surface area contributed by atoms with Crippen LogP contribution in [-0.2, 0) is 20.7 Å². The first-order valence-electron chi connectivity index (χ1n) is 7.13. The van der Waals surface area contributed by atoms with Crippen LogP contribution in [0.4, 0.5) is 0 Å². The lowest BCUT2D eigenvalue weighted by molar-refractivity contribution is -0.126. The van der Waals surface area contributed by atoms with Crippen molar-refractivity contribution in [1.29, 1.82) is 0 Å². The molecule has 5 heteroatoms. The Kier molecular flexibility index (Phi) is 4.30. The summed E-state index contributed by atoms with van der Waals surface area (Å²) in [5.41, 5.74) is 2.33. The summed E-state index contributed by atoms with van der Waals surface area (Å²) < 4.78 is 10.8. The molecule has 1 aromatic rings. The molecule has 0 saturated carbocycles. The molecule has 2 unspecified atom stereocenters. The zero-order valence-corrected chi connectivity index (χ0v) is 11.4. The first-order chi connectivity index (χ1) is 9.84. The summed E-state index contributed by atoms with van der Waals surface area (Å²) in [6.45, 7) is 3.12. The molecule has 2 atom stereocenters. The number of carbonyl (C=O) groups excluding carboxylic acids is 1. The molecular weight excluding hydrogens is 256 g/mol. The molecule has 2 aliphatic rings. The lowest BCUT2D eigenvalue weighted by Crippen LogP contribution is -2.45. The molecule has 0 aromatic heterocycles. The van der Waals surface area contributed by atoms with E-state index in [1.165, 1.54) is 5.56 Å². The quantitative estimate of drug-likeness (QED) is 0.839. The van der Waals surface area contributed by atoms with E-state index in [4.69, 9.17) is 9.47 Å². The maximum atomic E-state index is 12.3. The average molecular weight is 276 g/mol. The number of carbonyl (C=O) groups is 1. The lowest BCUT2D eigenvalue weighted by atomic mass is 9.94. The third kappa shape index (κ3) is 3.00. The number of ether oxygens (including phenoxy) is 2. The van der Waals surface area contributed by atoms with E-state index in [0.29, 0.717) is 26.4 Å². The average Bonchev–Trinajstić information content (AvgIpc) is 2.53. The maximum absolute atomic E-state index is 12.3. The Morgan fingerprint density at radius 1 is 1.35 bits per heavy atom. The third-order valence-electron chi connectivity index (χ3n) is 3.76. The standard InChI is InChI=1S/C15H20N2O3/c18-15(17-9-12-10-19-7-8-20-12)14-13-4-2-1-3-11(13)5-6-16-14/h1-4,12,14,16H,5-10H2,(H,17,18). The highest BCUT2D eigenvalue weighted by molar-refractivity contribution is 5.83. The fourth-order valence-corrected chi connectivity index (χ4v) is 2.71. The summed E-state index contributed by atoms with van der Waals surface area (Å²) in [4.78, 5) is 12.3. The van der Waals surface area contributed by atoms with Gasteiger partial charge < -0.3 is 20.1 Å². The van der Waals surface area contributed by atoms with Gasteiger partial charge in [-0.15, -0.1) is 0 Å². The molecule has 0 aliphatic carbocycles. The van der Waals surface area contributed by atoms with Gasteiger partial charge in [-0.2, -0.15) is 0 Å². The van der Waals surface area contributed by atoms with E-state index in [-0.39, 0.29) is 18.1 Å². The minimum Gasteiger partial charge on any atom is -0.376 e. The summed E-state index contributed by atoms with van der Waals surface area (Å²) in [5, 5.41) is 6.24. The van der Waals surface area contributed by atoms with Gasteiger partial charge in [0.2, 0.25) is 5.91 Å². The van der Waals surface area contributed by atoms with E-state index in [1.807, 2.05) is 18.2 Å². The monoisotopic (exact) mass is 276 g/mol. The molecule has 1 saturated heterocycles. The number of fused-ring (bicyclic) bond motifs is 1. The topological polar surface area (TPSA) is 59.6 Å². The van der Waals surface area contributed by atoms with Crippen molar-refractivity contribution in [3.05, 3.63) is 35.4 Å². The Labute approximate surface area is 118 Å². The predicted octanol–water partition coefficient (Wildman–Crippen LogP) is 0.405. The summed E-state index contributed by atoms with van der Waals surface area (Å²) >= 11 is 0. The number of amides is 1. The van der Waals surface area contributed by atoms with Crippen LogP contribution in [-0.4, -0.2) is 44.9 Å². The van der Waals surface area contributed by atoms with E-state index in [2.05, 4.69) is 16.7 Å². The van der Waals surface area contributed by atoms with Crippen LogP contribution in [0.5, 0.6) is 0 Å². The van der Waals surface area contributed by atoms with Gasteiger partial charge in [-0.05, 0) is 17.5 Å². The van der Waals surface area contributed by atoms with Crippen molar-refractivity contribution in [1.82, 2.24) is 10.6 Å². The van der Waals surface area contributed by atoms with Gasteiger partial charge in [0.1, 0.15) is 6.04 Å². The van der Waals surface area contributed by atoms with Crippen molar-refractivity contribution in [3.8, 4) is 0 Å². The fourth-order valence-electron chi connectivity index (χ4n) is 2.71. The van der Waals surface area contributed by atoms with Crippen LogP contribution in [0, 0.1) is 0 Å². The molecule has 2 heterocycles. The smallest absolute Gasteiger partial charge is 0.241 e. The summed E-state index contributed by atoms with van der Waals surface area (Å²) in [6, 6.07) is 7.85. The predicted molar refractivity (Wildman–Crippen MR) is 74.5 cm³/mol. The van der Waals surface area contributed by atoms with Gasteiger partial charge in [-0.3, -0.25) is 4.79 Å². The Morgan fingerprint density at radius 3 is 3.10 bits per heavy atom. The normalized spacial score (nSPS) is 25.8. The van der Waals surface area contributed by atoms with Crippen LogP contribution < -0.4 is 10.6 Å². The highest BCUT2D eigenvalue weighted by atomic mass is 16.6. The molecule has 0 spiro atoms. The zero-order valence-electron chi connectivity index (χ0n) is 11.4. The molecule has 108 valence electrons. The zero-order chi connectivity index (χ0) is 13.8. The van der Waals surface area contributed by atoms with E-state index >= 15 is 0 Å². The van der Waals surface area contributed by atoms with Gasteiger partial charge in [0, 0.05) is 13.1 Å². The molecule has 0 radical (unpaired) electrons. The summed E-state index contributed by atoms with van der Waals surface area (Å²) in [7, 11) is 0. The van der Waals surface area contributed by atoms with Crippen molar-refractivity contribution < 1.29 is 14.3 Å². The molecule has 1 amide bonds. The minimum absolute atomic E-state index is 0.00586. The molecule has 2 N–H and O–H groups in total. The Morgan fingerprint density at radius 2 is 2.25 bits per heavy atom. The van der Waals surface area contributed by atoms with Gasteiger partial charge in [-0.1, -0.05) is 24.3 Å². The lowest BCUT2D eigenvalue weighted by Gasteiger charge is -2.28. The molecule has 1 fully saturated rings. The van der Waals surface area contributed by atoms with E-state index in [1.54, 1.807) is 0 Å². The number of nitrogens with one attached hydrogen (secondary N) is 2. The van der Waals surface area contributed by atoms with Crippen LogP contribution in [0.3, 0.4) is 0 Å². The van der Waals surface area contributed by atoms with E-state index < -0.39 is 0 Å². The van der Waals surface area contributed by atoms with E-state index in [9.17, 15) is 4.79 Å². The highest BCUT2D eigenvalue weighted by Gasteiger charge is 2.26. The first-order valence-corrected chi connectivity index (χ1v) is 7.13. The number of rotatable bonds is 3. The molecule has 2 aliphatic heterocycles. The molecular formula is C15H20N2O3. The summed E-state index contributed by atoms with van der Waals surface area (Å²) in [5.74, 6) is 0.00586. The van der Waals surface area contributed by atoms with Crippen LogP contribution in [0.2, 0.25) is 0 Å². The maximum Gasteiger partial charge on any atom is 0.241 e. The van der Waals surface area contributed by atoms with Crippen molar-refractivity contribution in [2.45, 2.75) is 18.6 Å². The largest absolute Gasteiger partial charge is 0.376 e. The Hall–Kier alpha value is -1.43. The molecule has 20 heavy (non-hydrogen) atoms. The van der Waals surface area contributed by atoms with E-state index in [0.717, 1.165) is 18.5 Å². The van der Waals surface area contributed by atoms with Gasteiger partial charge in [0.25, 0.3) is 0 Å². The van der Waals surface area contributed by atoms with Gasteiger partial charge >= 0.3 is 0 Å². The molecule has 0 bridgehead atoms. The second-order valence-electron chi connectivity index (χ2n) is 5.15.